The quantitative estimate of drug-likeness (QED) is 0.846. The number of urea groups is 1. The number of aliphatic hydroxyl groups excluding tert-OH is 1. The summed E-state index contributed by atoms with van der Waals surface area (Å²) in [5.74, 6) is 0. The molecule has 120 valence electrons. The predicted octanol–water partition coefficient (Wildman–Crippen LogP) is 2.07. The first-order valence-corrected chi connectivity index (χ1v) is 8.13. The van der Waals surface area contributed by atoms with Crippen molar-refractivity contribution in [2.24, 2.45) is 0 Å². The van der Waals surface area contributed by atoms with E-state index in [9.17, 15) is 9.90 Å². The molecule has 2 aliphatic rings. The van der Waals surface area contributed by atoms with Gasteiger partial charge >= 0.3 is 6.03 Å². The number of hydrogen-bond donors (Lipinski definition) is 2. The van der Waals surface area contributed by atoms with Crippen molar-refractivity contribution in [3.05, 3.63) is 35.9 Å². The third-order valence-electron chi connectivity index (χ3n) is 4.31. The van der Waals surface area contributed by atoms with E-state index in [1.807, 2.05) is 30.3 Å². The Kier molecular flexibility index (Phi) is 4.95. The van der Waals surface area contributed by atoms with Crippen molar-refractivity contribution < 1.29 is 14.6 Å². The molecule has 1 saturated heterocycles. The van der Waals surface area contributed by atoms with Gasteiger partial charge in [-0.2, -0.15) is 0 Å². The standard InChI is InChI=1S/C17H24N2O3/c20-16(13-5-2-1-3-6-13)12-19(14-8-9-14)17(21)18-11-15-7-4-10-22-15/h1-3,5-6,14-16,20H,4,7-12H2,(H,18,21)/t15-,16+/m0/s1. The van der Waals surface area contributed by atoms with Gasteiger partial charge in [-0.25, -0.2) is 4.79 Å². The van der Waals surface area contributed by atoms with Crippen LogP contribution in [0.5, 0.6) is 0 Å². The number of ether oxygens (including phenoxy) is 1. The molecular formula is C17H24N2O3. The lowest BCUT2D eigenvalue weighted by molar-refractivity contribution is 0.100. The van der Waals surface area contributed by atoms with Crippen LogP contribution in [0.15, 0.2) is 30.3 Å². The summed E-state index contributed by atoms with van der Waals surface area (Å²) in [5, 5.41) is 13.3. The molecule has 1 aliphatic heterocycles. The normalized spacial score (nSPS) is 22.3. The second kappa shape index (κ2) is 7.11. The molecule has 22 heavy (non-hydrogen) atoms. The number of aliphatic hydroxyl groups is 1. The monoisotopic (exact) mass is 304 g/mol. The third kappa shape index (κ3) is 3.99. The molecule has 5 nitrogen and oxygen atoms in total. The van der Waals surface area contributed by atoms with Crippen LogP contribution in [0.4, 0.5) is 4.79 Å². The summed E-state index contributed by atoms with van der Waals surface area (Å²) in [4.78, 5) is 14.2. The Hall–Kier alpha value is -1.59. The van der Waals surface area contributed by atoms with Gasteiger partial charge < -0.3 is 20.1 Å². The van der Waals surface area contributed by atoms with E-state index in [-0.39, 0.29) is 18.2 Å². The van der Waals surface area contributed by atoms with Gasteiger partial charge in [0.05, 0.1) is 18.8 Å². The molecule has 3 rings (SSSR count). The summed E-state index contributed by atoms with van der Waals surface area (Å²) >= 11 is 0. The van der Waals surface area contributed by atoms with Gasteiger partial charge in [0.1, 0.15) is 0 Å². The van der Waals surface area contributed by atoms with Crippen LogP contribution in [0, 0.1) is 0 Å². The lowest BCUT2D eigenvalue weighted by Crippen LogP contribution is -2.45. The van der Waals surface area contributed by atoms with Gasteiger partial charge in [-0.15, -0.1) is 0 Å². The average molecular weight is 304 g/mol. The summed E-state index contributed by atoms with van der Waals surface area (Å²) in [6.45, 7) is 1.69. The van der Waals surface area contributed by atoms with Gasteiger partial charge in [-0.05, 0) is 31.2 Å². The molecule has 0 aromatic heterocycles. The molecule has 2 amide bonds. The average Bonchev–Trinajstić information content (AvgIpc) is 3.26. The highest BCUT2D eigenvalue weighted by atomic mass is 16.5. The SMILES string of the molecule is O=C(NC[C@@H]1CCCO1)N(C[C@@H](O)c1ccccc1)C1CC1. The molecule has 2 N–H and O–H groups in total. The minimum Gasteiger partial charge on any atom is -0.387 e. The number of carbonyl (C=O) groups is 1. The molecule has 1 aliphatic carbocycles. The van der Waals surface area contributed by atoms with Crippen LogP contribution in [0.3, 0.4) is 0 Å². The van der Waals surface area contributed by atoms with Crippen molar-refractivity contribution in [1.29, 1.82) is 0 Å². The third-order valence-corrected chi connectivity index (χ3v) is 4.31. The molecule has 0 bridgehead atoms. The number of nitrogens with zero attached hydrogens (tertiary/aromatic N) is 1. The van der Waals surface area contributed by atoms with Crippen LogP contribution in [-0.4, -0.2) is 47.9 Å². The number of nitrogens with one attached hydrogen (secondary N) is 1. The fourth-order valence-electron chi connectivity index (χ4n) is 2.86. The van der Waals surface area contributed by atoms with Gasteiger partial charge in [-0.3, -0.25) is 0 Å². The summed E-state index contributed by atoms with van der Waals surface area (Å²) in [6.07, 6.45) is 3.62. The van der Waals surface area contributed by atoms with E-state index in [1.54, 1.807) is 4.90 Å². The Balaban J connectivity index is 1.54. The molecule has 1 aromatic carbocycles. The van der Waals surface area contributed by atoms with E-state index >= 15 is 0 Å². The van der Waals surface area contributed by atoms with Crippen molar-refractivity contribution in [3.63, 3.8) is 0 Å². The summed E-state index contributed by atoms with van der Waals surface area (Å²) < 4.78 is 5.53. The van der Waals surface area contributed by atoms with Gasteiger partial charge in [-0.1, -0.05) is 30.3 Å². The molecule has 2 atom stereocenters. The number of carbonyl (C=O) groups excluding carboxylic acids is 1. The maximum absolute atomic E-state index is 12.4. The zero-order chi connectivity index (χ0) is 15.4. The van der Waals surface area contributed by atoms with Crippen molar-refractivity contribution in [2.45, 2.75) is 43.9 Å². The minimum atomic E-state index is -0.643. The Morgan fingerprint density at radius 2 is 2.09 bits per heavy atom. The highest BCUT2D eigenvalue weighted by Crippen LogP contribution is 2.29. The molecule has 1 heterocycles. The van der Waals surface area contributed by atoms with Crippen molar-refractivity contribution in [3.8, 4) is 0 Å². The zero-order valence-corrected chi connectivity index (χ0v) is 12.8. The summed E-state index contributed by atoms with van der Waals surface area (Å²) in [6, 6.07) is 9.67. The van der Waals surface area contributed by atoms with Crippen LogP contribution in [-0.2, 0) is 4.74 Å². The van der Waals surface area contributed by atoms with Crippen LogP contribution in [0.1, 0.15) is 37.4 Å². The second-order valence-corrected chi connectivity index (χ2v) is 6.13. The summed E-state index contributed by atoms with van der Waals surface area (Å²) in [7, 11) is 0. The van der Waals surface area contributed by atoms with E-state index in [1.165, 1.54) is 0 Å². The van der Waals surface area contributed by atoms with Crippen LogP contribution < -0.4 is 5.32 Å². The van der Waals surface area contributed by atoms with E-state index in [4.69, 9.17) is 4.74 Å². The molecule has 0 radical (unpaired) electrons. The largest absolute Gasteiger partial charge is 0.387 e. The lowest BCUT2D eigenvalue weighted by atomic mass is 10.1. The van der Waals surface area contributed by atoms with Crippen LogP contribution >= 0.6 is 0 Å². The maximum Gasteiger partial charge on any atom is 0.317 e. The Bertz CT molecular complexity index is 484. The fraction of sp³-hybridized carbons (Fsp3) is 0.588. The Labute approximate surface area is 131 Å². The smallest absolute Gasteiger partial charge is 0.317 e. The first-order valence-electron chi connectivity index (χ1n) is 8.13. The Morgan fingerprint density at radius 3 is 2.73 bits per heavy atom. The van der Waals surface area contributed by atoms with E-state index in [0.717, 1.165) is 37.9 Å². The first kappa shape index (κ1) is 15.3. The number of rotatable bonds is 6. The summed E-state index contributed by atoms with van der Waals surface area (Å²) in [5.41, 5.74) is 0.847. The molecule has 1 aromatic rings. The Morgan fingerprint density at radius 1 is 1.32 bits per heavy atom. The van der Waals surface area contributed by atoms with E-state index in [0.29, 0.717) is 13.1 Å². The molecule has 1 saturated carbocycles. The van der Waals surface area contributed by atoms with Crippen LogP contribution in [0.25, 0.3) is 0 Å². The van der Waals surface area contributed by atoms with E-state index in [2.05, 4.69) is 5.32 Å². The van der Waals surface area contributed by atoms with Gasteiger partial charge in [0.15, 0.2) is 0 Å². The van der Waals surface area contributed by atoms with Crippen molar-refractivity contribution in [2.75, 3.05) is 19.7 Å². The topological polar surface area (TPSA) is 61.8 Å². The second-order valence-electron chi connectivity index (χ2n) is 6.13. The minimum absolute atomic E-state index is 0.0898. The van der Waals surface area contributed by atoms with E-state index < -0.39 is 6.10 Å². The first-order chi connectivity index (χ1) is 10.7. The lowest BCUT2D eigenvalue weighted by Gasteiger charge is -2.26. The fourth-order valence-corrected chi connectivity index (χ4v) is 2.86. The van der Waals surface area contributed by atoms with Crippen molar-refractivity contribution in [1.82, 2.24) is 10.2 Å². The molecule has 2 fully saturated rings. The van der Waals surface area contributed by atoms with Gasteiger partial charge in [0, 0.05) is 19.2 Å². The number of hydrogen-bond acceptors (Lipinski definition) is 3. The number of benzene rings is 1. The zero-order valence-electron chi connectivity index (χ0n) is 12.8. The molecule has 5 heteroatoms. The van der Waals surface area contributed by atoms with Gasteiger partial charge in [0.25, 0.3) is 0 Å². The highest BCUT2D eigenvalue weighted by Gasteiger charge is 2.34. The predicted molar refractivity (Wildman–Crippen MR) is 83.5 cm³/mol. The highest BCUT2D eigenvalue weighted by molar-refractivity contribution is 5.75. The van der Waals surface area contributed by atoms with Crippen molar-refractivity contribution >= 4 is 6.03 Å². The molecule has 0 spiro atoms. The maximum atomic E-state index is 12.4. The van der Waals surface area contributed by atoms with Crippen LogP contribution in [0.2, 0.25) is 0 Å². The number of amides is 2. The molecular weight excluding hydrogens is 280 g/mol. The molecule has 0 unspecified atom stereocenters. The van der Waals surface area contributed by atoms with Gasteiger partial charge in [0.2, 0.25) is 0 Å².